The smallest absolute Gasteiger partial charge is 0.307 e. The van der Waals surface area contributed by atoms with Gasteiger partial charge < -0.3 is 10.1 Å². The first-order valence-corrected chi connectivity index (χ1v) is 8.57. The monoisotopic (exact) mass is 287 g/mol. The average molecular weight is 287 g/mol. The predicted octanol–water partition coefficient (Wildman–Crippen LogP) is 3.37. The fraction of sp³-hybridized carbons (Fsp3) is 0.933. The molecule has 0 radical (unpaired) electrons. The van der Waals surface area contributed by atoms with Crippen molar-refractivity contribution >= 4 is 17.7 Å². The van der Waals surface area contributed by atoms with Crippen LogP contribution >= 0.6 is 11.8 Å². The molecule has 1 saturated carbocycles. The molecule has 1 aliphatic rings. The molecule has 19 heavy (non-hydrogen) atoms. The Morgan fingerprint density at radius 2 is 1.89 bits per heavy atom. The van der Waals surface area contributed by atoms with Crippen LogP contribution in [-0.2, 0) is 9.53 Å². The molecule has 0 aromatic rings. The minimum atomic E-state index is -0.374. The summed E-state index contributed by atoms with van der Waals surface area (Å²) in [4.78, 5) is 11.6. The zero-order valence-electron chi connectivity index (χ0n) is 12.9. The van der Waals surface area contributed by atoms with E-state index in [4.69, 9.17) is 4.74 Å². The van der Waals surface area contributed by atoms with Crippen molar-refractivity contribution < 1.29 is 9.53 Å². The molecule has 0 saturated heterocycles. The van der Waals surface area contributed by atoms with Crippen LogP contribution in [0.1, 0.15) is 59.3 Å². The summed E-state index contributed by atoms with van der Waals surface area (Å²) in [6.07, 6.45) is 9.33. The molecule has 4 heteroatoms. The molecule has 1 fully saturated rings. The zero-order valence-corrected chi connectivity index (χ0v) is 13.7. The van der Waals surface area contributed by atoms with Gasteiger partial charge in [-0.05, 0) is 39.9 Å². The second-order valence-electron chi connectivity index (χ2n) is 6.46. The van der Waals surface area contributed by atoms with Crippen molar-refractivity contribution in [2.45, 2.75) is 69.6 Å². The van der Waals surface area contributed by atoms with Crippen molar-refractivity contribution in [2.24, 2.45) is 0 Å². The number of carbonyl (C=O) groups excluding carboxylic acids is 1. The summed E-state index contributed by atoms with van der Waals surface area (Å²) in [5.41, 5.74) is -0.374. The molecule has 0 aromatic heterocycles. The van der Waals surface area contributed by atoms with E-state index in [2.05, 4.69) is 11.6 Å². The number of hydrogen-bond acceptors (Lipinski definition) is 4. The van der Waals surface area contributed by atoms with E-state index in [1.165, 1.54) is 32.1 Å². The van der Waals surface area contributed by atoms with Crippen LogP contribution in [0.3, 0.4) is 0 Å². The van der Waals surface area contributed by atoms with Crippen molar-refractivity contribution in [1.29, 1.82) is 0 Å². The van der Waals surface area contributed by atoms with Gasteiger partial charge in [0.1, 0.15) is 5.60 Å². The third kappa shape index (κ3) is 6.66. The van der Waals surface area contributed by atoms with Gasteiger partial charge in [0, 0.05) is 17.8 Å². The Morgan fingerprint density at radius 1 is 1.26 bits per heavy atom. The second-order valence-corrected chi connectivity index (χ2v) is 7.74. The summed E-state index contributed by atoms with van der Waals surface area (Å²) in [6, 6.07) is 0. The quantitative estimate of drug-likeness (QED) is 0.600. The van der Waals surface area contributed by atoms with Crippen molar-refractivity contribution in [3.05, 3.63) is 0 Å². The summed E-state index contributed by atoms with van der Waals surface area (Å²) in [6.45, 7) is 7.45. The van der Waals surface area contributed by atoms with Crippen molar-refractivity contribution in [2.75, 3.05) is 19.3 Å². The van der Waals surface area contributed by atoms with E-state index >= 15 is 0 Å². The maximum atomic E-state index is 11.6. The van der Waals surface area contributed by atoms with E-state index in [1.54, 1.807) is 0 Å². The van der Waals surface area contributed by atoms with E-state index in [-0.39, 0.29) is 11.6 Å². The van der Waals surface area contributed by atoms with Gasteiger partial charge >= 0.3 is 5.97 Å². The predicted molar refractivity (Wildman–Crippen MR) is 82.7 cm³/mol. The maximum absolute atomic E-state index is 11.6. The zero-order chi connectivity index (χ0) is 14.4. The molecular weight excluding hydrogens is 258 g/mol. The largest absolute Gasteiger partial charge is 0.460 e. The third-order valence-electron chi connectivity index (χ3n) is 3.57. The van der Waals surface area contributed by atoms with E-state index in [1.807, 2.05) is 32.5 Å². The first-order valence-electron chi connectivity index (χ1n) is 7.35. The topological polar surface area (TPSA) is 38.3 Å². The molecule has 0 unspecified atom stereocenters. The van der Waals surface area contributed by atoms with Crippen molar-refractivity contribution in [3.8, 4) is 0 Å². The van der Waals surface area contributed by atoms with Gasteiger partial charge in [0.2, 0.25) is 0 Å². The van der Waals surface area contributed by atoms with E-state index < -0.39 is 0 Å². The molecule has 0 aliphatic heterocycles. The summed E-state index contributed by atoms with van der Waals surface area (Å²) in [5, 5.41) is 3.44. The number of esters is 1. The Balaban J connectivity index is 2.20. The van der Waals surface area contributed by atoms with Gasteiger partial charge in [-0.3, -0.25) is 4.79 Å². The fourth-order valence-electron chi connectivity index (χ4n) is 2.55. The van der Waals surface area contributed by atoms with Gasteiger partial charge in [-0.15, -0.1) is 0 Å². The lowest BCUT2D eigenvalue weighted by molar-refractivity contribution is -0.154. The number of nitrogens with one attached hydrogen (secondary N) is 1. The number of rotatable bonds is 6. The summed E-state index contributed by atoms with van der Waals surface area (Å²) < 4.78 is 5.69. The Kier molecular flexibility index (Phi) is 6.67. The summed E-state index contributed by atoms with van der Waals surface area (Å²) in [5.74, 6) is -0.109. The van der Waals surface area contributed by atoms with E-state index in [0.29, 0.717) is 11.2 Å². The highest BCUT2D eigenvalue weighted by Crippen LogP contribution is 2.37. The number of hydrogen-bond donors (Lipinski definition) is 1. The Hall–Kier alpha value is -0.220. The second kappa shape index (κ2) is 7.53. The van der Waals surface area contributed by atoms with Crippen LogP contribution in [-0.4, -0.2) is 35.7 Å². The highest BCUT2D eigenvalue weighted by atomic mass is 32.2. The lowest BCUT2D eigenvalue weighted by Crippen LogP contribution is -2.40. The lowest BCUT2D eigenvalue weighted by atomic mass is 9.88. The van der Waals surface area contributed by atoms with Crippen LogP contribution in [0.25, 0.3) is 0 Å². The average Bonchev–Trinajstić information content (AvgIpc) is 2.34. The van der Waals surface area contributed by atoms with Gasteiger partial charge in [0.15, 0.2) is 0 Å². The normalized spacial score (nSPS) is 19.2. The van der Waals surface area contributed by atoms with Crippen LogP contribution < -0.4 is 5.32 Å². The minimum Gasteiger partial charge on any atom is -0.460 e. The molecule has 112 valence electrons. The Labute approximate surface area is 122 Å². The van der Waals surface area contributed by atoms with Crippen LogP contribution in [0.2, 0.25) is 0 Å². The molecule has 1 N–H and O–H groups in total. The summed E-state index contributed by atoms with van der Waals surface area (Å²) >= 11 is 1.98. The van der Waals surface area contributed by atoms with Crippen LogP contribution in [0.5, 0.6) is 0 Å². The Morgan fingerprint density at radius 3 is 2.42 bits per heavy atom. The molecule has 0 amide bonds. The van der Waals surface area contributed by atoms with Gasteiger partial charge in [-0.25, -0.2) is 0 Å². The molecule has 1 aliphatic carbocycles. The first-order chi connectivity index (χ1) is 8.87. The highest BCUT2D eigenvalue weighted by molar-refractivity contribution is 8.00. The third-order valence-corrected chi connectivity index (χ3v) is 4.99. The van der Waals surface area contributed by atoms with Gasteiger partial charge in [0.05, 0.1) is 6.42 Å². The maximum Gasteiger partial charge on any atom is 0.307 e. The molecule has 0 aromatic carbocycles. The Bertz CT molecular complexity index is 280. The van der Waals surface area contributed by atoms with Gasteiger partial charge in [-0.2, -0.15) is 11.8 Å². The molecule has 1 rings (SSSR count). The van der Waals surface area contributed by atoms with Gasteiger partial charge in [0.25, 0.3) is 0 Å². The fourth-order valence-corrected chi connectivity index (χ4v) is 3.49. The molecule has 3 nitrogen and oxygen atoms in total. The van der Waals surface area contributed by atoms with E-state index in [9.17, 15) is 4.79 Å². The van der Waals surface area contributed by atoms with Crippen molar-refractivity contribution in [1.82, 2.24) is 5.32 Å². The van der Waals surface area contributed by atoms with Crippen molar-refractivity contribution in [3.63, 3.8) is 0 Å². The molecule has 0 bridgehead atoms. The molecule has 0 heterocycles. The lowest BCUT2D eigenvalue weighted by Gasteiger charge is -2.36. The van der Waals surface area contributed by atoms with Crippen LogP contribution in [0, 0.1) is 0 Å². The molecule has 0 atom stereocenters. The SMILES string of the molecule is CSC1(CNCCC(=O)OC(C)(C)C)CCCCC1. The number of thioether (sulfide) groups is 1. The number of carbonyl (C=O) groups is 1. The highest BCUT2D eigenvalue weighted by Gasteiger charge is 2.30. The minimum absolute atomic E-state index is 0.109. The standard InChI is InChI=1S/C15H29NO2S/c1-14(2,3)18-13(17)8-11-16-12-15(19-4)9-6-5-7-10-15/h16H,5-12H2,1-4H3. The summed E-state index contributed by atoms with van der Waals surface area (Å²) in [7, 11) is 0. The first kappa shape index (κ1) is 16.8. The van der Waals surface area contributed by atoms with Crippen LogP contribution in [0.4, 0.5) is 0 Å². The number of ether oxygens (including phenoxy) is 1. The van der Waals surface area contributed by atoms with Gasteiger partial charge in [-0.1, -0.05) is 19.3 Å². The van der Waals surface area contributed by atoms with E-state index in [0.717, 1.165) is 13.1 Å². The molecule has 0 spiro atoms. The molecular formula is C15H29NO2S. The van der Waals surface area contributed by atoms with Crippen LogP contribution in [0.15, 0.2) is 0 Å².